The first-order valence-corrected chi connectivity index (χ1v) is 9.26. The van der Waals surface area contributed by atoms with Gasteiger partial charge in [0.15, 0.2) is 0 Å². The molecule has 4 unspecified atom stereocenters. The molecule has 2 aromatic rings. The number of benzene rings is 1. The molecule has 2 aliphatic rings. The summed E-state index contributed by atoms with van der Waals surface area (Å²) < 4.78 is 5.77. The van der Waals surface area contributed by atoms with Crippen molar-refractivity contribution in [3.8, 4) is 5.88 Å². The zero-order valence-corrected chi connectivity index (χ0v) is 15.0. The van der Waals surface area contributed by atoms with E-state index in [0.29, 0.717) is 18.4 Å². The van der Waals surface area contributed by atoms with Gasteiger partial charge in [-0.15, -0.1) is 0 Å². The standard InChI is InChI=1S/C19H24N6O2/c20-18(26)17-14-10-13(6-7-15(14)24-25-17)22-19-21-9-8-16(23-19)27-11-12-4-2-1-3-5-12/h1-5,8-9,13-15,17,24-25H,6-7,10-11H2,(H2,20,26)(H,21,22,23). The van der Waals surface area contributed by atoms with Crippen LogP contribution in [0.3, 0.4) is 0 Å². The van der Waals surface area contributed by atoms with Crippen molar-refractivity contribution in [2.75, 3.05) is 5.32 Å². The van der Waals surface area contributed by atoms with Gasteiger partial charge in [0.2, 0.25) is 17.7 Å². The summed E-state index contributed by atoms with van der Waals surface area (Å²) in [6.45, 7) is 0.460. The van der Waals surface area contributed by atoms with Crippen LogP contribution in [0.5, 0.6) is 5.88 Å². The monoisotopic (exact) mass is 368 g/mol. The van der Waals surface area contributed by atoms with Gasteiger partial charge in [-0.05, 0) is 24.8 Å². The zero-order valence-electron chi connectivity index (χ0n) is 15.0. The van der Waals surface area contributed by atoms with Crippen molar-refractivity contribution in [1.29, 1.82) is 0 Å². The van der Waals surface area contributed by atoms with E-state index >= 15 is 0 Å². The summed E-state index contributed by atoms with van der Waals surface area (Å²) in [6, 6.07) is 11.8. The topological polar surface area (TPSA) is 114 Å². The summed E-state index contributed by atoms with van der Waals surface area (Å²) in [5.41, 5.74) is 12.8. The van der Waals surface area contributed by atoms with Crippen LogP contribution in [0.4, 0.5) is 5.95 Å². The SMILES string of the molecule is NC(=O)C1NNC2CCC(Nc3nccc(OCc4ccccc4)n3)CC21. The van der Waals surface area contributed by atoms with Crippen molar-refractivity contribution in [3.63, 3.8) is 0 Å². The van der Waals surface area contributed by atoms with Crippen LogP contribution in [0.2, 0.25) is 0 Å². The van der Waals surface area contributed by atoms with E-state index in [4.69, 9.17) is 10.5 Å². The first-order valence-electron chi connectivity index (χ1n) is 9.26. The van der Waals surface area contributed by atoms with Gasteiger partial charge in [-0.2, -0.15) is 4.98 Å². The molecule has 1 aliphatic carbocycles. The number of nitrogens with two attached hydrogens (primary N) is 1. The largest absolute Gasteiger partial charge is 0.473 e. The Morgan fingerprint density at radius 3 is 2.89 bits per heavy atom. The fourth-order valence-electron chi connectivity index (χ4n) is 3.88. The van der Waals surface area contributed by atoms with E-state index < -0.39 is 0 Å². The number of carbonyl (C=O) groups is 1. The van der Waals surface area contributed by atoms with Crippen molar-refractivity contribution in [2.24, 2.45) is 11.7 Å². The highest BCUT2D eigenvalue weighted by molar-refractivity contribution is 5.80. The summed E-state index contributed by atoms with van der Waals surface area (Å²) in [4.78, 5) is 20.4. The van der Waals surface area contributed by atoms with Gasteiger partial charge in [-0.25, -0.2) is 10.4 Å². The van der Waals surface area contributed by atoms with Crippen molar-refractivity contribution in [1.82, 2.24) is 20.8 Å². The zero-order chi connectivity index (χ0) is 18.6. The van der Waals surface area contributed by atoms with Crippen LogP contribution >= 0.6 is 0 Å². The Labute approximate surface area is 157 Å². The van der Waals surface area contributed by atoms with E-state index in [1.165, 1.54) is 0 Å². The van der Waals surface area contributed by atoms with Gasteiger partial charge < -0.3 is 15.8 Å². The van der Waals surface area contributed by atoms with Crippen LogP contribution in [0.25, 0.3) is 0 Å². The molecule has 2 heterocycles. The second-order valence-corrected chi connectivity index (χ2v) is 7.09. The molecule has 2 fully saturated rings. The fraction of sp³-hybridized carbons (Fsp3) is 0.421. The predicted molar refractivity (Wildman–Crippen MR) is 101 cm³/mol. The number of hydrogen-bond acceptors (Lipinski definition) is 7. The molecule has 1 aliphatic heterocycles. The number of amides is 1. The van der Waals surface area contributed by atoms with E-state index in [0.717, 1.165) is 24.8 Å². The minimum absolute atomic E-state index is 0.172. The van der Waals surface area contributed by atoms with Crippen LogP contribution in [-0.2, 0) is 11.4 Å². The summed E-state index contributed by atoms with van der Waals surface area (Å²) in [5.74, 6) is 0.928. The average molecular weight is 368 g/mol. The lowest BCUT2D eigenvalue weighted by molar-refractivity contribution is -0.120. The lowest BCUT2D eigenvalue weighted by Crippen LogP contribution is -2.44. The lowest BCUT2D eigenvalue weighted by Gasteiger charge is -2.32. The van der Waals surface area contributed by atoms with Gasteiger partial charge in [0.05, 0.1) is 0 Å². The molecule has 1 aromatic heterocycles. The smallest absolute Gasteiger partial charge is 0.236 e. The van der Waals surface area contributed by atoms with Crippen molar-refractivity contribution in [3.05, 3.63) is 48.2 Å². The summed E-state index contributed by atoms with van der Waals surface area (Å²) in [7, 11) is 0. The van der Waals surface area contributed by atoms with Crippen molar-refractivity contribution in [2.45, 2.75) is 44.0 Å². The Balaban J connectivity index is 1.36. The lowest BCUT2D eigenvalue weighted by atomic mass is 9.79. The highest BCUT2D eigenvalue weighted by Gasteiger charge is 2.42. The van der Waals surface area contributed by atoms with E-state index in [1.807, 2.05) is 30.3 Å². The number of nitrogens with zero attached hydrogens (tertiary/aromatic N) is 2. The van der Waals surface area contributed by atoms with E-state index in [9.17, 15) is 4.79 Å². The molecule has 0 bridgehead atoms. The molecule has 8 heteroatoms. The molecule has 1 amide bonds. The minimum Gasteiger partial charge on any atom is -0.473 e. The Hall–Kier alpha value is -2.71. The normalized spacial score (nSPS) is 27.0. The number of rotatable bonds is 6. The Morgan fingerprint density at radius 2 is 2.07 bits per heavy atom. The molecule has 4 atom stereocenters. The maximum atomic E-state index is 11.6. The van der Waals surface area contributed by atoms with Crippen molar-refractivity contribution < 1.29 is 9.53 Å². The predicted octanol–water partition coefficient (Wildman–Crippen LogP) is 0.966. The second kappa shape index (κ2) is 7.89. The van der Waals surface area contributed by atoms with Crippen LogP contribution in [-0.4, -0.2) is 34.0 Å². The molecule has 1 aromatic carbocycles. The number of aromatic nitrogens is 2. The van der Waals surface area contributed by atoms with Gasteiger partial charge in [0, 0.05) is 30.3 Å². The fourth-order valence-corrected chi connectivity index (χ4v) is 3.88. The van der Waals surface area contributed by atoms with Gasteiger partial charge in [-0.3, -0.25) is 10.2 Å². The molecule has 8 nitrogen and oxygen atoms in total. The summed E-state index contributed by atoms with van der Waals surface area (Å²) >= 11 is 0. The molecule has 0 radical (unpaired) electrons. The average Bonchev–Trinajstić information content (AvgIpc) is 3.11. The maximum absolute atomic E-state index is 11.6. The molecule has 27 heavy (non-hydrogen) atoms. The van der Waals surface area contributed by atoms with Gasteiger partial charge in [-0.1, -0.05) is 30.3 Å². The number of nitrogens with one attached hydrogen (secondary N) is 3. The molecule has 5 N–H and O–H groups in total. The third-order valence-electron chi connectivity index (χ3n) is 5.25. The highest BCUT2D eigenvalue weighted by Crippen LogP contribution is 2.31. The van der Waals surface area contributed by atoms with Gasteiger partial charge >= 0.3 is 0 Å². The molecular formula is C19H24N6O2. The Morgan fingerprint density at radius 1 is 1.22 bits per heavy atom. The third kappa shape index (κ3) is 4.17. The van der Waals surface area contributed by atoms with Gasteiger partial charge in [0.1, 0.15) is 12.6 Å². The number of primary amides is 1. The first kappa shape index (κ1) is 17.7. The summed E-state index contributed by atoms with van der Waals surface area (Å²) in [6.07, 6.45) is 4.45. The maximum Gasteiger partial charge on any atom is 0.236 e. The Bertz CT molecular complexity index is 787. The number of hydrazine groups is 1. The second-order valence-electron chi connectivity index (χ2n) is 7.09. The molecule has 1 saturated carbocycles. The first-order chi connectivity index (χ1) is 13.2. The summed E-state index contributed by atoms with van der Waals surface area (Å²) in [5, 5.41) is 3.38. The molecular weight excluding hydrogens is 344 g/mol. The molecule has 1 saturated heterocycles. The molecule has 4 rings (SSSR count). The number of ether oxygens (including phenoxy) is 1. The van der Waals surface area contributed by atoms with E-state index in [1.54, 1.807) is 12.3 Å². The van der Waals surface area contributed by atoms with Gasteiger partial charge in [0.25, 0.3) is 0 Å². The number of hydrogen-bond donors (Lipinski definition) is 4. The molecule has 142 valence electrons. The Kier molecular flexibility index (Phi) is 5.17. The highest BCUT2D eigenvalue weighted by atomic mass is 16.5. The third-order valence-corrected chi connectivity index (χ3v) is 5.25. The van der Waals surface area contributed by atoms with Crippen LogP contribution in [0.15, 0.2) is 42.6 Å². The number of fused-ring (bicyclic) bond motifs is 1. The minimum atomic E-state index is -0.332. The number of carbonyl (C=O) groups excluding carboxylic acids is 1. The van der Waals surface area contributed by atoms with Crippen LogP contribution < -0.4 is 26.6 Å². The van der Waals surface area contributed by atoms with Crippen LogP contribution in [0.1, 0.15) is 24.8 Å². The van der Waals surface area contributed by atoms with E-state index in [-0.39, 0.29) is 30.0 Å². The number of anilines is 1. The van der Waals surface area contributed by atoms with E-state index in [2.05, 4.69) is 26.1 Å². The van der Waals surface area contributed by atoms with Crippen LogP contribution in [0, 0.1) is 5.92 Å². The van der Waals surface area contributed by atoms with Crippen molar-refractivity contribution >= 4 is 11.9 Å². The quantitative estimate of drug-likeness (QED) is 0.601. The molecule has 0 spiro atoms.